The van der Waals surface area contributed by atoms with Crippen molar-refractivity contribution < 1.29 is 14.0 Å². The third-order valence-electron chi connectivity index (χ3n) is 3.95. The van der Waals surface area contributed by atoms with Gasteiger partial charge in [-0.15, -0.1) is 0 Å². The summed E-state index contributed by atoms with van der Waals surface area (Å²) in [6, 6.07) is 6.13. The van der Waals surface area contributed by atoms with Gasteiger partial charge in [-0.25, -0.2) is 9.45 Å². The van der Waals surface area contributed by atoms with Crippen LogP contribution in [0.2, 0.25) is 0 Å². The molecule has 0 unspecified atom stereocenters. The molecule has 0 atom stereocenters. The number of amides is 1. The van der Waals surface area contributed by atoms with Crippen molar-refractivity contribution in [2.75, 3.05) is 19.0 Å². The van der Waals surface area contributed by atoms with Crippen molar-refractivity contribution in [2.24, 2.45) is 7.05 Å². The molecular weight excluding hydrogens is 428 g/mol. The normalized spacial score (nSPS) is 13.8. The first-order valence-electron chi connectivity index (χ1n) is 7.23. The highest BCUT2D eigenvalue weighted by Crippen LogP contribution is 2.28. The Hall–Kier alpha value is -1.94. The highest BCUT2D eigenvalue weighted by molar-refractivity contribution is 14.1. The van der Waals surface area contributed by atoms with Crippen LogP contribution >= 0.6 is 22.6 Å². The molecule has 0 aliphatic carbocycles. The molecule has 1 aliphatic heterocycles. The molecule has 2 heterocycles. The van der Waals surface area contributed by atoms with Gasteiger partial charge in [0, 0.05) is 16.7 Å². The molecular formula is C16H15FIN3O3. The maximum Gasteiger partial charge on any atom is 0.281 e. The van der Waals surface area contributed by atoms with Gasteiger partial charge in [0.2, 0.25) is 0 Å². The van der Waals surface area contributed by atoms with Gasteiger partial charge in [0.1, 0.15) is 11.6 Å². The number of anilines is 2. The van der Waals surface area contributed by atoms with Crippen LogP contribution in [0.4, 0.5) is 15.9 Å². The van der Waals surface area contributed by atoms with Crippen molar-refractivity contribution in [2.45, 2.75) is 6.42 Å². The number of pyridine rings is 1. The minimum absolute atomic E-state index is 0.196. The van der Waals surface area contributed by atoms with E-state index in [-0.39, 0.29) is 23.0 Å². The topological polar surface area (TPSA) is 63.6 Å². The van der Waals surface area contributed by atoms with Crippen LogP contribution in [0.1, 0.15) is 15.9 Å². The van der Waals surface area contributed by atoms with Crippen LogP contribution < -0.4 is 10.9 Å². The summed E-state index contributed by atoms with van der Waals surface area (Å²) in [5.41, 5.74) is 0.884. The number of fused-ring (bicyclic) bond motifs is 1. The Kier molecular flexibility index (Phi) is 4.59. The predicted molar refractivity (Wildman–Crippen MR) is 95.8 cm³/mol. The first kappa shape index (κ1) is 16.9. The molecule has 6 nitrogen and oxygen atoms in total. The molecule has 0 saturated heterocycles. The number of carbonyl (C=O) groups is 1. The van der Waals surface area contributed by atoms with Gasteiger partial charge in [-0.1, -0.05) is 0 Å². The van der Waals surface area contributed by atoms with E-state index in [2.05, 4.69) is 5.32 Å². The van der Waals surface area contributed by atoms with E-state index >= 15 is 0 Å². The molecule has 1 aromatic carbocycles. The fourth-order valence-corrected chi connectivity index (χ4v) is 3.12. The molecule has 0 radical (unpaired) electrons. The second-order valence-electron chi connectivity index (χ2n) is 5.38. The number of rotatable bonds is 3. The lowest BCUT2D eigenvalue weighted by atomic mass is 10.0. The summed E-state index contributed by atoms with van der Waals surface area (Å²) in [5.74, 6) is -0.564. The Morgan fingerprint density at radius 1 is 1.29 bits per heavy atom. The number of halogens is 2. The first-order chi connectivity index (χ1) is 11.4. The molecule has 3 rings (SSSR count). The van der Waals surface area contributed by atoms with Gasteiger partial charge in [0.15, 0.2) is 0 Å². The highest BCUT2D eigenvalue weighted by Gasteiger charge is 2.30. The molecule has 1 amide bonds. The lowest BCUT2D eigenvalue weighted by Gasteiger charge is -2.28. The van der Waals surface area contributed by atoms with Gasteiger partial charge in [0.25, 0.3) is 11.5 Å². The number of nitrogens with one attached hydrogen (secondary N) is 1. The zero-order valence-electron chi connectivity index (χ0n) is 13.1. The predicted octanol–water partition coefficient (Wildman–Crippen LogP) is 2.43. The zero-order valence-corrected chi connectivity index (χ0v) is 15.3. The lowest BCUT2D eigenvalue weighted by Crippen LogP contribution is -2.39. The van der Waals surface area contributed by atoms with Crippen molar-refractivity contribution in [1.29, 1.82) is 0 Å². The molecule has 0 saturated carbocycles. The fraction of sp³-hybridized carbons (Fsp3) is 0.250. The molecule has 24 heavy (non-hydrogen) atoms. The van der Waals surface area contributed by atoms with Crippen LogP contribution in [0.25, 0.3) is 0 Å². The van der Waals surface area contributed by atoms with Gasteiger partial charge in [-0.05, 0) is 52.8 Å². The van der Waals surface area contributed by atoms with E-state index in [0.717, 1.165) is 3.57 Å². The van der Waals surface area contributed by atoms with Crippen molar-refractivity contribution >= 4 is 40.0 Å². The van der Waals surface area contributed by atoms with E-state index < -0.39 is 5.82 Å². The summed E-state index contributed by atoms with van der Waals surface area (Å²) in [5, 5.41) is 4.12. The lowest BCUT2D eigenvalue weighted by molar-refractivity contribution is -0.0967. The van der Waals surface area contributed by atoms with Gasteiger partial charge < -0.3 is 5.32 Å². The SMILES string of the molecule is CON1CCc2cc(=O)n(C)c(Nc3ccc(I)cc3F)c2C1=O. The molecule has 2 aromatic rings. The standard InChI is InChI=1S/C16H15FIN3O3/c1-20-13(22)7-9-5-6-21(24-2)16(23)14(9)15(20)19-12-4-3-10(18)8-11(12)17/h3-4,7-8,19H,5-6H2,1-2H3. The van der Waals surface area contributed by atoms with Gasteiger partial charge in [-0.3, -0.25) is 19.0 Å². The number of benzene rings is 1. The van der Waals surface area contributed by atoms with Gasteiger partial charge >= 0.3 is 0 Å². The second-order valence-corrected chi connectivity index (χ2v) is 6.63. The average molecular weight is 443 g/mol. The molecule has 1 aromatic heterocycles. The third-order valence-corrected chi connectivity index (χ3v) is 4.62. The zero-order chi connectivity index (χ0) is 17.4. The van der Waals surface area contributed by atoms with E-state index in [0.29, 0.717) is 24.1 Å². The fourth-order valence-electron chi connectivity index (χ4n) is 2.67. The van der Waals surface area contributed by atoms with Crippen LogP contribution in [-0.4, -0.2) is 29.2 Å². The molecule has 0 fully saturated rings. The van der Waals surface area contributed by atoms with Crippen LogP contribution in [0.5, 0.6) is 0 Å². The monoisotopic (exact) mass is 443 g/mol. The van der Waals surface area contributed by atoms with Crippen molar-refractivity contribution in [1.82, 2.24) is 9.63 Å². The van der Waals surface area contributed by atoms with Crippen molar-refractivity contribution in [3.8, 4) is 0 Å². The van der Waals surface area contributed by atoms with E-state index in [1.165, 1.54) is 35.9 Å². The maximum atomic E-state index is 14.2. The quantitative estimate of drug-likeness (QED) is 0.741. The van der Waals surface area contributed by atoms with E-state index in [1.807, 2.05) is 22.6 Å². The first-order valence-corrected chi connectivity index (χ1v) is 8.31. The molecule has 126 valence electrons. The minimum atomic E-state index is -0.459. The summed E-state index contributed by atoms with van der Waals surface area (Å²) >= 11 is 2.01. The molecule has 1 N–H and O–H groups in total. The van der Waals surface area contributed by atoms with Crippen molar-refractivity contribution in [3.05, 3.63) is 55.1 Å². The van der Waals surface area contributed by atoms with Crippen LogP contribution in [0.3, 0.4) is 0 Å². The van der Waals surface area contributed by atoms with Crippen LogP contribution in [-0.2, 0) is 18.3 Å². The largest absolute Gasteiger partial charge is 0.338 e. The molecule has 0 spiro atoms. The summed E-state index contributed by atoms with van der Waals surface area (Å²) in [4.78, 5) is 29.9. The maximum absolute atomic E-state index is 14.2. The molecule has 8 heteroatoms. The Bertz CT molecular complexity index is 882. The second kappa shape index (κ2) is 6.52. The Morgan fingerprint density at radius 3 is 2.71 bits per heavy atom. The van der Waals surface area contributed by atoms with Gasteiger partial charge in [0.05, 0.1) is 24.9 Å². The third kappa shape index (κ3) is 2.91. The average Bonchev–Trinajstić information content (AvgIpc) is 2.54. The number of nitrogens with zero attached hydrogens (tertiary/aromatic N) is 2. The molecule has 0 bridgehead atoms. The highest BCUT2D eigenvalue weighted by atomic mass is 127. The minimum Gasteiger partial charge on any atom is -0.338 e. The Morgan fingerprint density at radius 2 is 2.04 bits per heavy atom. The van der Waals surface area contributed by atoms with E-state index in [1.54, 1.807) is 12.1 Å². The van der Waals surface area contributed by atoms with Crippen molar-refractivity contribution in [3.63, 3.8) is 0 Å². The summed E-state index contributed by atoms with van der Waals surface area (Å²) in [7, 11) is 2.95. The number of carbonyl (C=O) groups excluding carboxylic acids is 1. The van der Waals surface area contributed by atoms with Gasteiger partial charge in [-0.2, -0.15) is 0 Å². The molecule has 1 aliphatic rings. The van der Waals surface area contributed by atoms with E-state index in [4.69, 9.17) is 4.84 Å². The Labute approximate surface area is 151 Å². The number of hydroxylamine groups is 2. The summed E-state index contributed by atoms with van der Waals surface area (Å²) < 4.78 is 16.2. The van der Waals surface area contributed by atoms with Crippen LogP contribution in [0.15, 0.2) is 29.1 Å². The smallest absolute Gasteiger partial charge is 0.281 e. The number of aromatic nitrogens is 1. The summed E-state index contributed by atoms with van der Waals surface area (Å²) in [6.45, 7) is 0.368. The number of hydrogen-bond donors (Lipinski definition) is 1. The summed E-state index contributed by atoms with van der Waals surface area (Å²) in [6.07, 6.45) is 0.495. The number of hydrogen-bond acceptors (Lipinski definition) is 4. The van der Waals surface area contributed by atoms with Crippen LogP contribution in [0, 0.1) is 9.39 Å². The van der Waals surface area contributed by atoms with E-state index in [9.17, 15) is 14.0 Å². The Balaban J connectivity index is 2.15.